The average molecular weight is 326 g/mol. The van der Waals surface area contributed by atoms with E-state index in [1.165, 1.54) is 0 Å². The molecule has 0 aliphatic carbocycles. The first-order chi connectivity index (χ1) is 11.1. The van der Waals surface area contributed by atoms with Crippen molar-refractivity contribution in [2.45, 2.75) is 6.42 Å². The second kappa shape index (κ2) is 6.71. The molecule has 23 heavy (non-hydrogen) atoms. The molecule has 1 heterocycles. The third kappa shape index (κ3) is 3.46. The monoisotopic (exact) mass is 325 g/mol. The fourth-order valence-electron chi connectivity index (χ4n) is 2.43. The van der Waals surface area contributed by atoms with E-state index in [-0.39, 0.29) is 5.02 Å². The van der Waals surface area contributed by atoms with Crippen LogP contribution in [0.15, 0.2) is 75.9 Å². The van der Waals surface area contributed by atoms with Crippen molar-refractivity contribution in [2.24, 2.45) is 0 Å². The maximum absolute atomic E-state index is 12.1. The van der Waals surface area contributed by atoms with Gasteiger partial charge in [0.25, 0.3) is 0 Å². The molecule has 0 radical (unpaired) electrons. The van der Waals surface area contributed by atoms with Gasteiger partial charge >= 0.3 is 5.63 Å². The first-order valence-electron chi connectivity index (χ1n) is 7.30. The van der Waals surface area contributed by atoms with Crippen LogP contribution in [0, 0.1) is 0 Å². The number of nitrogens with zero attached hydrogens (tertiary/aromatic N) is 1. The number of anilines is 2. The van der Waals surface area contributed by atoms with Crippen LogP contribution < -0.4 is 10.5 Å². The molecule has 3 nitrogen and oxygen atoms in total. The lowest BCUT2D eigenvalue weighted by Crippen LogP contribution is -2.15. The molecule has 0 saturated carbocycles. The van der Waals surface area contributed by atoms with Crippen molar-refractivity contribution in [1.82, 2.24) is 0 Å². The van der Waals surface area contributed by atoms with Gasteiger partial charge in [-0.25, -0.2) is 4.79 Å². The van der Waals surface area contributed by atoms with Crippen molar-refractivity contribution in [2.75, 3.05) is 11.9 Å². The molecule has 0 unspecified atom stereocenters. The molecule has 3 rings (SSSR count). The van der Waals surface area contributed by atoms with E-state index in [0.29, 0.717) is 17.9 Å². The van der Waals surface area contributed by atoms with Crippen molar-refractivity contribution >= 4 is 23.0 Å². The van der Waals surface area contributed by atoms with Crippen LogP contribution in [0.2, 0.25) is 5.02 Å². The number of hydrogen-bond donors (Lipinski definition) is 0. The zero-order chi connectivity index (χ0) is 16.2. The van der Waals surface area contributed by atoms with E-state index in [1.807, 2.05) is 78.7 Å². The molecular weight excluding hydrogens is 310 g/mol. The van der Waals surface area contributed by atoms with Crippen LogP contribution >= 0.6 is 11.6 Å². The predicted molar refractivity (Wildman–Crippen MR) is 93.7 cm³/mol. The summed E-state index contributed by atoms with van der Waals surface area (Å²) in [5.74, 6) is 0.586. The molecule has 0 fully saturated rings. The summed E-state index contributed by atoms with van der Waals surface area (Å²) in [6, 6.07) is 21.4. The highest BCUT2D eigenvalue weighted by molar-refractivity contribution is 6.33. The summed E-state index contributed by atoms with van der Waals surface area (Å²) in [5, 5.41) is 0.0909. The Labute approximate surface area is 139 Å². The summed E-state index contributed by atoms with van der Waals surface area (Å²) < 4.78 is 5.32. The molecule has 116 valence electrons. The van der Waals surface area contributed by atoms with Gasteiger partial charge in [-0.2, -0.15) is 0 Å². The van der Waals surface area contributed by atoms with Crippen LogP contribution in [0.5, 0.6) is 0 Å². The molecule has 0 N–H and O–H groups in total. The Hall–Kier alpha value is -2.52. The average Bonchev–Trinajstić information content (AvgIpc) is 2.59. The lowest BCUT2D eigenvalue weighted by Gasteiger charge is -2.20. The minimum Gasteiger partial charge on any atom is -0.426 e. The molecule has 3 aromatic rings. The lowest BCUT2D eigenvalue weighted by atomic mass is 10.1. The van der Waals surface area contributed by atoms with Crippen molar-refractivity contribution in [3.63, 3.8) is 0 Å². The molecule has 0 aliphatic rings. The van der Waals surface area contributed by atoms with Crippen molar-refractivity contribution in [3.8, 4) is 0 Å². The first-order valence-corrected chi connectivity index (χ1v) is 7.68. The number of benzene rings is 2. The molecule has 4 heteroatoms. The maximum atomic E-state index is 12.1. The van der Waals surface area contributed by atoms with Crippen LogP contribution in [-0.4, -0.2) is 7.05 Å². The highest BCUT2D eigenvalue weighted by Gasteiger charge is 2.15. The molecule has 0 saturated heterocycles. The molecule has 0 aliphatic heterocycles. The van der Waals surface area contributed by atoms with Gasteiger partial charge in [-0.1, -0.05) is 60.1 Å². The van der Waals surface area contributed by atoms with E-state index >= 15 is 0 Å². The van der Waals surface area contributed by atoms with E-state index in [1.54, 1.807) is 0 Å². The summed E-state index contributed by atoms with van der Waals surface area (Å²) in [4.78, 5) is 13.9. The minimum atomic E-state index is -0.516. The van der Waals surface area contributed by atoms with Crippen LogP contribution in [0.3, 0.4) is 0 Å². The summed E-state index contributed by atoms with van der Waals surface area (Å²) >= 11 is 6.17. The fourth-order valence-corrected chi connectivity index (χ4v) is 2.65. The maximum Gasteiger partial charge on any atom is 0.357 e. The normalized spacial score (nSPS) is 10.5. The summed E-state index contributed by atoms with van der Waals surface area (Å²) in [6.45, 7) is 0. The second-order valence-corrected chi connectivity index (χ2v) is 5.63. The number of halogens is 1. The third-order valence-corrected chi connectivity index (χ3v) is 4.00. The van der Waals surface area contributed by atoms with Crippen molar-refractivity contribution < 1.29 is 4.42 Å². The Balaban J connectivity index is 1.99. The van der Waals surface area contributed by atoms with Crippen molar-refractivity contribution in [1.29, 1.82) is 0 Å². The topological polar surface area (TPSA) is 33.5 Å². The van der Waals surface area contributed by atoms with Gasteiger partial charge in [0, 0.05) is 25.2 Å². The summed E-state index contributed by atoms with van der Waals surface area (Å²) in [7, 11) is 1.88. The van der Waals surface area contributed by atoms with E-state index in [9.17, 15) is 4.79 Å². The number of para-hydroxylation sites is 1. The van der Waals surface area contributed by atoms with E-state index in [2.05, 4.69) is 0 Å². The molecule has 0 bridgehead atoms. The Morgan fingerprint density at radius 3 is 2.26 bits per heavy atom. The zero-order valence-electron chi connectivity index (χ0n) is 12.7. The highest BCUT2D eigenvalue weighted by Crippen LogP contribution is 2.29. The van der Waals surface area contributed by atoms with Gasteiger partial charge in [-0.05, 0) is 17.7 Å². The van der Waals surface area contributed by atoms with Crippen LogP contribution in [0.25, 0.3) is 0 Å². The summed E-state index contributed by atoms with van der Waals surface area (Å²) in [5.41, 5.74) is 2.15. The van der Waals surface area contributed by atoms with Crippen molar-refractivity contribution in [3.05, 3.63) is 93.5 Å². The van der Waals surface area contributed by atoms with E-state index < -0.39 is 5.63 Å². The van der Waals surface area contributed by atoms with Crippen LogP contribution in [-0.2, 0) is 6.42 Å². The van der Waals surface area contributed by atoms with E-state index in [0.717, 1.165) is 11.3 Å². The first kappa shape index (κ1) is 15.4. The van der Waals surface area contributed by atoms with Gasteiger partial charge in [0.15, 0.2) is 0 Å². The number of rotatable bonds is 4. The smallest absolute Gasteiger partial charge is 0.357 e. The zero-order valence-corrected chi connectivity index (χ0v) is 13.5. The van der Waals surface area contributed by atoms with Gasteiger partial charge in [-0.3, -0.25) is 0 Å². The largest absolute Gasteiger partial charge is 0.426 e. The molecule has 0 atom stereocenters. The molecule has 1 aromatic heterocycles. The highest BCUT2D eigenvalue weighted by atomic mass is 35.5. The second-order valence-electron chi connectivity index (χ2n) is 5.26. The summed E-state index contributed by atoms with van der Waals surface area (Å²) in [6.07, 6.45) is 0.545. The third-order valence-electron chi connectivity index (χ3n) is 3.65. The quantitative estimate of drug-likeness (QED) is 0.700. The van der Waals surface area contributed by atoms with Gasteiger partial charge in [0.2, 0.25) is 0 Å². The van der Waals surface area contributed by atoms with Gasteiger partial charge in [-0.15, -0.1) is 0 Å². The molecule has 2 aromatic carbocycles. The van der Waals surface area contributed by atoms with Crippen LogP contribution in [0.1, 0.15) is 11.3 Å². The Morgan fingerprint density at radius 1 is 1.00 bits per heavy atom. The SMILES string of the molecule is CN(c1ccccc1)c1cc(Cc2ccccc2)oc(=O)c1Cl. The lowest BCUT2D eigenvalue weighted by molar-refractivity contribution is 0.469. The van der Waals surface area contributed by atoms with E-state index in [4.69, 9.17) is 16.0 Å². The van der Waals surface area contributed by atoms with Crippen LogP contribution in [0.4, 0.5) is 11.4 Å². The van der Waals surface area contributed by atoms with Gasteiger partial charge in [0.05, 0.1) is 5.69 Å². The predicted octanol–water partition coefficient (Wildman–Crippen LogP) is 4.65. The molecule has 0 amide bonds. The van der Waals surface area contributed by atoms with Gasteiger partial charge < -0.3 is 9.32 Å². The Bertz CT molecular complexity index is 844. The number of hydrogen-bond acceptors (Lipinski definition) is 3. The molecular formula is C19H16ClNO2. The standard InChI is InChI=1S/C19H16ClNO2/c1-21(15-10-6-3-7-11-15)17-13-16(23-19(22)18(17)20)12-14-8-4-2-5-9-14/h2-11,13H,12H2,1H3. The van der Waals surface area contributed by atoms with Gasteiger partial charge in [0.1, 0.15) is 10.8 Å². The molecule has 0 spiro atoms. The Morgan fingerprint density at radius 2 is 1.61 bits per heavy atom. The Kier molecular flexibility index (Phi) is 4.49. The fraction of sp³-hybridized carbons (Fsp3) is 0.105. The minimum absolute atomic E-state index is 0.0909.